The second-order valence-electron chi connectivity index (χ2n) is 6.21. The molecule has 0 atom stereocenters. The smallest absolute Gasteiger partial charge is 0.0379 e. The average Bonchev–Trinajstić information content (AvgIpc) is 2.65. The normalized spacial score (nSPS) is 11.0. The number of nitrogens with two attached hydrogens (primary N) is 1. The van der Waals surface area contributed by atoms with Crippen LogP contribution in [0.25, 0.3) is 0 Å². The van der Waals surface area contributed by atoms with Crippen LogP contribution in [0.4, 0.5) is 5.69 Å². The molecule has 24 heavy (non-hydrogen) atoms. The van der Waals surface area contributed by atoms with E-state index in [1.54, 1.807) is 0 Å². The van der Waals surface area contributed by atoms with Gasteiger partial charge in [0.1, 0.15) is 0 Å². The highest BCUT2D eigenvalue weighted by Gasteiger charge is 2.18. The molecule has 0 heterocycles. The number of rotatable bonds is 5. The van der Waals surface area contributed by atoms with E-state index in [1.165, 1.54) is 27.8 Å². The minimum Gasteiger partial charge on any atom is -0.398 e. The van der Waals surface area contributed by atoms with Crippen LogP contribution in [0.1, 0.15) is 47.6 Å². The number of benzene rings is 3. The van der Waals surface area contributed by atoms with Crippen LogP contribution in [0.2, 0.25) is 0 Å². The van der Waals surface area contributed by atoms with Gasteiger partial charge in [0.05, 0.1) is 0 Å². The number of anilines is 1. The summed E-state index contributed by atoms with van der Waals surface area (Å²) in [6.45, 7) is 4.35. The summed E-state index contributed by atoms with van der Waals surface area (Å²) in [5.41, 5.74) is 13.8. The molecule has 0 saturated carbocycles. The molecule has 1 nitrogen and oxygen atoms in total. The van der Waals surface area contributed by atoms with Crippen molar-refractivity contribution < 1.29 is 0 Å². The van der Waals surface area contributed by atoms with Gasteiger partial charge in [-0.15, -0.1) is 0 Å². The zero-order valence-electron chi connectivity index (χ0n) is 14.5. The lowest BCUT2D eigenvalue weighted by molar-refractivity contribution is 0.957. The van der Waals surface area contributed by atoms with E-state index < -0.39 is 0 Å². The SMILES string of the molecule is CCc1cc(C(c2ccccc2)c2ccccc2)cc(CC)c1N. The first-order valence-electron chi connectivity index (χ1n) is 8.75. The van der Waals surface area contributed by atoms with Crippen LogP contribution in [-0.2, 0) is 12.8 Å². The largest absolute Gasteiger partial charge is 0.398 e. The van der Waals surface area contributed by atoms with Crippen molar-refractivity contribution in [3.05, 3.63) is 101 Å². The van der Waals surface area contributed by atoms with Crippen molar-refractivity contribution in [3.8, 4) is 0 Å². The number of nitrogen functional groups attached to an aromatic ring is 1. The van der Waals surface area contributed by atoms with Crippen molar-refractivity contribution in [2.75, 3.05) is 5.73 Å². The lowest BCUT2D eigenvalue weighted by Crippen LogP contribution is -2.07. The quantitative estimate of drug-likeness (QED) is 0.483. The first-order chi connectivity index (χ1) is 11.7. The molecule has 0 aliphatic heterocycles. The zero-order valence-corrected chi connectivity index (χ0v) is 14.5. The second kappa shape index (κ2) is 7.35. The molecule has 3 aromatic carbocycles. The molecule has 122 valence electrons. The first kappa shape index (κ1) is 16.3. The van der Waals surface area contributed by atoms with Gasteiger partial charge in [-0.1, -0.05) is 86.6 Å². The van der Waals surface area contributed by atoms with Crippen molar-refractivity contribution in [3.63, 3.8) is 0 Å². The van der Waals surface area contributed by atoms with Crippen LogP contribution < -0.4 is 5.73 Å². The van der Waals surface area contributed by atoms with Gasteiger partial charge in [-0.25, -0.2) is 0 Å². The van der Waals surface area contributed by atoms with Crippen LogP contribution in [0.15, 0.2) is 72.8 Å². The van der Waals surface area contributed by atoms with E-state index in [2.05, 4.69) is 86.6 Å². The van der Waals surface area contributed by atoms with Crippen LogP contribution in [0, 0.1) is 0 Å². The summed E-state index contributed by atoms with van der Waals surface area (Å²) in [6, 6.07) is 26.0. The van der Waals surface area contributed by atoms with E-state index in [0.29, 0.717) is 0 Å². The molecule has 3 aromatic rings. The molecule has 0 aliphatic rings. The molecular weight excluding hydrogens is 290 g/mol. The average molecular weight is 315 g/mol. The molecule has 2 N–H and O–H groups in total. The van der Waals surface area contributed by atoms with Gasteiger partial charge in [0.25, 0.3) is 0 Å². The predicted octanol–water partition coefficient (Wildman–Crippen LogP) is 5.57. The van der Waals surface area contributed by atoms with E-state index in [1.807, 2.05) is 0 Å². The van der Waals surface area contributed by atoms with E-state index in [-0.39, 0.29) is 5.92 Å². The Bertz CT molecular complexity index is 726. The minimum atomic E-state index is 0.239. The Morgan fingerprint density at radius 3 is 1.46 bits per heavy atom. The van der Waals surface area contributed by atoms with Gasteiger partial charge in [-0.3, -0.25) is 0 Å². The molecular formula is C23H25N. The summed E-state index contributed by atoms with van der Waals surface area (Å²) < 4.78 is 0. The second-order valence-corrected chi connectivity index (χ2v) is 6.21. The molecule has 0 aromatic heterocycles. The maximum atomic E-state index is 6.35. The Morgan fingerprint density at radius 2 is 1.08 bits per heavy atom. The summed E-state index contributed by atoms with van der Waals surface area (Å²) in [6.07, 6.45) is 1.92. The van der Waals surface area contributed by atoms with Gasteiger partial charge in [0.15, 0.2) is 0 Å². The van der Waals surface area contributed by atoms with Gasteiger partial charge in [-0.2, -0.15) is 0 Å². The summed E-state index contributed by atoms with van der Waals surface area (Å²) >= 11 is 0. The van der Waals surface area contributed by atoms with Crippen LogP contribution >= 0.6 is 0 Å². The molecule has 0 fully saturated rings. The number of hydrogen-bond donors (Lipinski definition) is 1. The van der Waals surface area contributed by atoms with Crippen molar-refractivity contribution in [2.24, 2.45) is 0 Å². The van der Waals surface area contributed by atoms with Gasteiger partial charge in [-0.05, 0) is 40.7 Å². The van der Waals surface area contributed by atoms with E-state index >= 15 is 0 Å². The molecule has 3 rings (SSSR count). The van der Waals surface area contributed by atoms with Gasteiger partial charge in [0.2, 0.25) is 0 Å². The van der Waals surface area contributed by atoms with Crippen molar-refractivity contribution in [1.82, 2.24) is 0 Å². The lowest BCUT2D eigenvalue weighted by Gasteiger charge is -2.22. The zero-order chi connectivity index (χ0) is 16.9. The monoisotopic (exact) mass is 315 g/mol. The Balaban J connectivity index is 2.20. The predicted molar refractivity (Wildman–Crippen MR) is 103 cm³/mol. The fourth-order valence-electron chi connectivity index (χ4n) is 3.43. The van der Waals surface area contributed by atoms with Crippen molar-refractivity contribution in [1.29, 1.82) is 0 Å². The summed E-state index contributed by atoms with van der Waals surface area (Å²) in [7, 11) is 0. The van der Waals surface area contributed by atoms with Gasteiger partial charge < -0.3 is 5.73 Å². The lowest BCUT2D eigenvalue weighted by atomic mass is 9.83. The molecule has 0 saturated heterocycles. The first-order valence-corrected chi connectivity index (χ1v) is 8.75. The van der Waals surface area contributed by atoms with Gasteiger partial charge >= 0.3 is 0 Å². The summed E-state index contributed by atoms with van der Waals surface area (Å²) in [5.74, 6) is 0.239. The van der Waals surface area contributed by atoms with E-state index in [0.717, 1.165) is 18.5 Å². The Morgan fingerprint density at radius 1 is 0.667 bits per heavy atom. The highest BCUT2D eigenvalue weighted by atomic mass is 14.6. The van der Waals surface area contributed by atoms with Crippen LogP contribution in [0.5, 0.6) is 0 Å². The molecule has 0 unspecified atom stereocenters. The number of hydrogen-bond acceptors (Lipinski definition) is 1. The van der Waals surface area contributed by atoms with Crippen molar-refractivity contribution >= 4 is 5.69 Å². The molecule has 0 amide bonds. The molecule has 0 radical (unpaired) electrons. The van der Waals surface area contributed by atoms with Crippen LogP contribution in [0.3, 0.4) is 0 Å². The Labute approximate surface area is 145 Å². The fraction of sp³-hybridized carbons (Fsp3) is 0.217. The summed E-state index contributed by atoms with van der Waals surface area (Å²) in [4.78, 5) is 0. The molecule has 0 aliphatic carbocycles. The fourth-order valence-corrected chi connectivity index (χ4v) is 3.43. The molecule has 1 heteroatoms. The third-order valence-corrected chi connectivity index (χ3v) is 4.73. The maximum absolute atomic E-state index is 6.35. The Hall–Kier alpha value is -2.54. The third kappa shape index (κ3) is 3.21. The van der Waals surface area contributed by atoms with E-state index in [4.69, 9.17) is 5.73 Å². The molecule has 0 bridgehead atoms. The maximum Gasteiger partial charge on any atom is 0.0379 e. The highest BCUT2D eigenvalue weighted by Crippen LogP contribution is 2.35. The minimum absolute atomic E-state index is 0.239. The highest BCUT2D eigenvalue weighted by molar-refractivity contribution is 5.58. The van der Waals surface area contributed by atoms with Crippen molar-refractivity contribution in [2.45, 2.75) is 32.6 Å². The standard InChI is InChI=1S/C23H25N/c1-3-17-15-21(16-18(4-2)23(17)24)22(19-11-7-5-8-12-19)20-13-9-6-10-14-20/h5-16,22H,3-4,24H2,1-2H3. The Kier molecular flexibility index (Phi) is 5.00. The number of aryl methyl sites for hydroxylation is 2. The van der Waals surface area contributed by atoms with Crippen LogP contribution in [-0.4, -0.2) is 0 Å². The molecule has 0 spiro atoms. The third-order valence-electron chi connectivity index (χ3n) is 4.73. The van der Waals surface area contributed by atoms with Gasteiger partial charge in [0, 0.05) is 11.6 Å². The topological polar surface area (TPSA) is 26.0 Å². The summed E-state index contributed by atoms with van der Waals surface area (Å²) in [5, 5.41) is 0. The van der Waals surface area contributed by atoms with E-state index in [9.17, 15) is 0 Å².